The van der Waals surface area contributed by atoms with E-state index < -0.39 is 27.3 Å². The second-order valence-electron chi connectivity index (χ2n) is 3.28. The number of amides is 1. The molecule has 0 aromatic rings. The molecular weight excluding hydrogens is 218 g/mol. The van der Waals surface area contributed by atoms with Crippen molar-refractivity contribution in [2.24, 2.45) is 0 Å². The molecule has 0 unspecified atom stereocenters. The Labute approximate surface area is 99.8 Å². The first kappa shape index (κ1) is 16.3. The molecule has 0 bridgehead atoms. The van der Waals surface area contributed by atoms with Gasteiger partial charge in [-0.05, 0) is 19.9 Å². The Balaban J connectivity index is 0. The predicted octanol–water partition coefficient (Wildman–Crippen LogP) is -0.768. The van der Waals surface area contributed by atoms with Gasteiger partial charge < -0.3 is 9.87 Å². The van der Waals surface area contributed by atoms with E-state index in [1.807, 2.05) is 0 Å². The van der Waals surface area contributed by atoms with Crippen molar-refractivity contribution in [3.63, 3.8) is 0 Å². The van der Waals surface area contributed by atoms with E-state index in [0.717, 1.165) is 6.08 Å². The molecule has 5 nitrogen and oxygen atoms in total. The first-order valence-corrected chi connectivity index (χ1v) is 5.12. The van der Waals surface area contributed by atoms with Crippen LogP contribution in [0.3, 0.4) is 0 Å². The van der Waals surface area contributed by atoms with Gasteiger partial charge in [0.15, 0.2) is 0 Å². The second kappa shape index (κ2) is 5.69. The minimum absolute atomic E-state index is 0. The summed E-state index contributed by atoms with van der Waals surface area (Å²) in [5.74, 6) is -1.15. The number of hydrogen-bond acceptors (Lipinski definition) is 4. The molecule has 0 aliphatic carbocycles. The van der Waals surface area contributed by atoms with Gasteiger partial charge in [0, 0.05) is 5.54 Å². The Morgan fingerprint density at radius 2 is 2.00 bits per heavy atom. The quantitative estimate of drug-likeness (QED) is 0.390. The van der Waals surface area contributed by atoms with Crippen molar-refractivity contribution in [2.45, 2.75) is 19.4 Å². The Morgan fingerprint density at radius 1 is 1.57 bits per heavy atom. The van der Waals surface area contributed by atoms with Crippen molar-refractivity contribution >= 4 is 39.1 Å². The molecule has 0 rings (SSSR count). The van der Waals surface area contributed by atoms with E-state index in [1.54, 1.807) is 0 Å². The molecular formula is C7H12MgNO4S+. The molecule has 76 valence electrons. The molecule has 1 amide bonds. The number of carbonyl (C=O) groups is 1. The molecule has 0 atom stereocenters. The first-order chi connectivity index (χ1) is 5.66. The van der Waals surface area contributed by atoms with Crippen molar-refractivity contribution in [3.8, 4) is 0 Å². The summed E-state index contributed by atoms with van der Waals surface area (Å²) in [6, 6.07) is 0. The summed E-state index contributed by atoms with van der Waals surface area (Å²) in [7, 11) is -4.33. The van der Waals surface area contributed by atoms with Crippen molar-refractivity contribution < 1.29 is 17.8 Å². The molecule has 0 aliphatic rings. The van der Waals surface area contributed by atoms with Gasteiger partial charge in [0.2, 0.25) is 5.91 Å². The molecule has 14 heavy (non-hydrogen) atoms. The van der Waals surface area contributed by atoms with Gasteiger partial charge in [-0.2, -0.15) is 0 Å². The van der Waals surface area contributed by atoms with E-state index in [0.29, 0.717) is 0 Å². The maximum atomic E-state index is 10.8. The fraction of sp³-hybridized carbons (Fsp3) is 0.571. The van der Waals surface area contributed by atoms with E-state index in [1.165, 1.54) is 13.8 Å². The van der Waals surface area contributed by atoms with Crippen LogP contribution in [0, 0.1) is 0 Å². The maximum absolute atomic E-state index is 10.8. The molecule has 0 radical (unpaired) electrons. The third kappa shape index (κ3) is 8.48. The zero-order valence-corrected chi connectivity index (χ0v) is 10.5. The zero-order valence-electron chi connectivity index (χ0n) is 8.24. The minimum atomic E-state index is -4.33. The molecule has 0 aromatic heterocycles. The molecule has 0 aromatic carbocycles. The molecule has 0 saturated carbocycles. The largest absolute Gasteiger partial charge is 2.00 e. The summed E-state index contributed by atoms with van der Waals surface area (Å²) in [5, 5.41) is 2.33. The Morgan fingerprint density at radius 3 is 2.29 bits per heavy atom. The Bertz CT molecular complexity index is 310. The van der Waals surface area contributed by atoms with Crippen LogP contribution in [-0.4, -0.2) is 53.2 Å². The SMILES string of the molecule is C=CC(=O)NC(C)(C)CS(=O)(=O)[O-].[Mg+2]. The number of nitrogens with one attached hydrogen (secondary N) is 1. The molecule has 0 aliphatic heterocycles. The van der Waals surface area contributed by atoms with Crippen LogP contribution in [-0.2, 0) is 14.9 Å². The molecule has 0 fully saturated rings. The van der Waals surface area contributed by atoms with Crippen LogP contribution in [0.2, 0.25) is 0 Å². The van der Waals surface area contributed by atoms with E-state index in [4.69, 9.17) is 0 Å². The fourth-order valence-electron chi connectivity index (χ4n) is 0.863. The van der Waals surface area contributed by atoms with Crippen LogP contribution >= 0.6 is 0 Å². The summed E-state index contributed by atoms with van der Waals surface area (Å²) in [6.07, 6.45) is 1.01. The van der Waals surface area contributed by atoms with E-state index >= 15 is 0 Å². The van der Waals surface area contributed by atoms with Gasteiger partial charge in [0.1, 0.15) is 0 Å². The van der Waals surface area contributed by atoms with Crippen molar-refractivity contribution in [1.82, 2.24) is 5.32 Å². The van der Waals surface area contributed by atoms with Crippen LogP contribution in [0.5, 0.6) is 0 Å². The number of carbonyl (C=O) groups excluding carboxylic acids is 1. The maximum Gasteiger partial charge on any atom is 2.00 e. The monoisotopic (exact) mass is 230 g/mol. The van der Waals surface area contributed by atoms with Gasteiger partial charge in [-0.15, -0.1) is 0 Å². The van der Waals surface area contributed by atoms with E-state index in [2.05, 4.69) is 11.9 Å². The summed E-state index contributed by atoms with van der Waals surface area (Å²) < 4.78 is 31.2. The van der Waals surface area contributed by atoms with Crippen LogP contribution < -0.4 is 5.32 Å². The Kier molecular flexibility index (Phi) is 6.63. The van der Waals surface area contributed by atoms with Gasteiger partial charge >= 0.3 is 23.1 Å². The molecule has 0 spiro atoms. The van der Waals surface area contributed by atoms with Crippen molar-refractivity contribution in [3.05, 3.63) is 12.7 Å². The summed E-state index contributed by atoms with van der Waals surface area (Å²) in [5.41, 5.74) is -1.06. The van der Waals surface area contributed by atoms with E-state index in [-0.39, 0.29) is 23.1 Å². The molecule has 0 saturated heterocycles. The number of rotatable bonds is 4. The van der Waals surface area contributed by atoms with Crippen molar-refractivity contribution in [1.29, 1.82) is 0 Å². The number of hydrogen-bond donors (Lipinski definition) is 1. The first-order valence-electron chi connectivity index (χ1n) is 3.54. The summed E-state index contributed by atoms with van der Waals surface area (Å²) in [6.45, 7) is 6.10. The van der Waals surface area contributed by atoms with Gasteiger partial charge in [0.05, 0.1) is 15.9 Å². The Hall–Kier alpha value is -0.114. The van der Waals surface area contributed by atoms with Crippen LogP contribution in [0.1, 0.15) is 13.8 Å². The van der Waals surface area contributed by atoms with Crippen LogP contribution in [0.15, 0.2) is 12.7 Å². The third-order valence-corrected chi connectivity index (χ3v) is 2.26. The van der Waals surface area contributed by atoms with Gasteiger partial charge in [-0.1, -0.05) is 6.58 Å². The smallest absolute Gasteiger partial charge is 0.748 e. The minimum Gasteiger partial charge on any atom is -0.748 e. The van der Waals surface area contributed by atoms with Crippen LogP contribution in [0.4, 0.5) is 0 Å². The normalized spacial score (nSPS) is 11.4. The second-order valence-corrected chi connectivity index (χ2v) is 4.68. The van der Waals surface area contributed by atoms with Gasteiger partial charge in [-0.3, -0.25) is 4.79 Å². The summed E-state index contributed by atoms with van der Waals surface area (Å²) >= 11 is 0. The topological polar surface area (TPSA) is 86.3 Å². The third-order valence-electron chi connectivity index (χ3n) is 1.18. The van der Waals surface area contributed by atoms with Crippen LogP contribution in [0.25, 0.3) is 0 Å². The molecule has 1 N–H and O–H groups in total. The molecule has 0 heterocycles. The summed E-state index contributed by atoms with van der Waals surface area (Å²) in [4.78, 5) is 10.8. The standard InChI is InChI=1S/C7H13NO4S.Mg/c1-4-6(9)8-7(2,3)5-13(10,11)12;/h4H,1,5H2,2-3H3,(H,8,9)(H,10,11,12);/q;+2/p-1. The van der Waals surface area contributed by atoms with E-state index in [9.17, 15) is 17.8 Å². The fourth-order valence-corrected chi connectivity index (χ4v) is 1.82. The molecule has 7 heteroatoms. The average Bonchev–Trinajstić information content (AvgIpc) is 1.80. The predicted molar refractivity (Wildman–Crippen MR) is 52.7 cm³/mol. The average molecular weight is 231 g/mol. The van der Waals surface area contributed by atoms with Crippen molar-refractivity contribution in [2.75, 3.05) is 5.75 Å². The zero-order chi connectivity index (χ0) is 10.7. The van der Waals surface area contributed by atoms with Gasteiger partial charge in [0.25, 0.3) is 0 Å². The van der Waals surface area contributed by atoms with Gasteiger partial charge in [-0.25, -0.2) is 8.42 Å².